The molecule has 0 aromatic carbocycles. The predicted molar refractivity (Wildman–Crippen MR) is 129 cm³/mol. The van der Waals surface area contributed by atoms with Gasteiger partial charge in [0.25, 0.3) is 5.56 Å². The number of rotatable bonds is 4. The van der Waals surface area contributed by atoms with Gasteiger partial charge in [0, 0.05) is 55.0 Å². The maximum Gasteiger partial charge on any atom is 0.406 e. The van der Waals surface area contributed by atoms with Crippen LogP contribution >= 0.6 is 0 Å². The lowest BCUT2D eigenvalue weighted by molar-refractivity contribution is -0.141. The third-order valence-corrected chi connectivity index (χ3v) is 6.28. The number of hydrogen-bond donors (Lipinski definition) is 2. The van der Waals surface area contributed by atoms with Crippen LogP contribution in [0, 0.1) is 0 Å². The Labute approximate surface area is 207 Å². The van der Waals surface area contributed by atoms with Crippen molar-refractivity contribution in [1.82, 2.24) is 29.0 Å². The van der Waals surface area contributed by atoms with E-state index in [1.54, 1.807) is 35.0 Å². The highest BCUT2D eigenvalue weighted by Crippen LogP contribution is 2.26. The lowest BCUT2D eigenvalue weighted by Gasteiger charge is -2.32. The van der Waals surface area contributed by atoms with Crippen molar-refractivity contribution in [3.63, 3.8) is 0 Å². The van der Waals surface area contributed by atoms with Gasteiger partial charge in [0.15, 0.2) is 5.65 Å². The Kier molecular flexibility index (Phi) is 6.27. The molecule has 37 heavy (non-hydrogen) atoms. The van der Waals surface area contributed by atoms with Gasteiger partial charge in [-0.1, -0.05) is 6.07 Å². The van der Waals surface area contributed by atoms with Crippen molar-refractivity contribution in [2.45, 2.75) is 31.6 Å². The molecule has 1 saturated heterocycles. The quantitative estimate of drug-likeness (QED) is 0.434. The SMILES string of the molecule is O=C(Nc1cc(-c2cccnc2)cn(CC(F)(F)F)c1=O)N1CCC(n2c(=O)[nH]c3ncccc32)CC1. The molecule has 2 amide bonds. The summed E-state index contributed by atoms with van der Waals surface area (Å²) >= 11 is 0. The van der Waals surface area contributed by atoms with Gasteiger partial charge in [-0.2, -0.15) is 13.2 Å². The number of pyridine rings is 3. The van der Waals surface area contributed by atoms with Crippen molar-refractivity contribution < 1.29 is 18.0 Å². The van der Waals surface area contributed by atoms with Crippen molar-refractivity contribution in [1.29, 1.82) is 0 Å². The number of nitrogens with one attached hydrogen (secondary N) is 2. The number of fused-ring (bicyclic) bond motifs is 1. The molecule has 0 aliphatic carbocycles. The first-order valence-corrected chi connectivity index (χ1v) is 11.5. The van der Waals surface area contributed by atoms with E-state index in [1.807, 2.05) is 0 Å². The highest BCUT2D eigenvalue weighted by Gasteiger charge is 2.30. The molecule has 0 bridgehead atoms. The van der Waals surface area contributed by atoms with Crippen LogP contribution in [-0.4, -0.2) is 54.3 Å². The first-order valence-electron chi connectivity index (χ1n) is 11.5. The summed E-state index contributed by atoms with van der Waals surface area (Å²) in [6, 6.07) is 7.36. The lowest BCUT2D eigenvalue weighted by Crippen LogP contribution is -2.43. The molecule has 0 unspecified atom stereocenters. The van der Waals surface area contributed by atoms with Crippen molar-refractivity contribution in [3.05, 3.63) is 76.0 Å². The molecule has 0 spiro atoms. The molecule has 1 aliphatic heterocycles. The van der Waals surface area contributed by atoms with Crippen molar-refractivity contribution >= 4 is 22.9 Å². The molecule has 1 fully saturated rings. The summed E-state index contributed by atoms with van der Waals surface area (Å²) in [4.78, 5) is 50.6. The second kappa shape index (κ2) is 9.56. The molecule has 0 atom stereocenters. The third-order valence-electron chi connectivity index (χ3n) is 6.28. The van der Waals surface area contributed by atoms with E-state index in [4.69, 9.17) is 0 Å². The minimum Gasteiger partial charge on any atom is -0.324 e. The molecule has 4 aromatic rings. The Morgan fingerprint density at radius 3 is 2.57 bits per heavy atom. The van der Waals surface area contributed by atoms with Crippen LogP contribution in [0.3, 0.4) is 0 Å². The Hall–Kier alpha value is -4.42. The number of alkyl halides is 3. The van der Waals surface area contributed by atoms with Gasteiger partial charge in [0.05, 0.1) is 5.52 Å². The monoisotopic (exact) mass is 513 g/mol. The summed E-state index contributed by atoms with van der Waals surface area (Å²) in [6.45, 7) is -0.924. The van der Waals surface area contributed by atoms with Crippen LogP contribution < -0.4 is 16.6 Å². The smallest absolute Gasteiger partial charge is 0.324 e. The maximum atomic E-state index is 13.1. The summed E-state index contributed by atoms with van der Waals surface area (Å²) < 4.78 is 41.5. The van der Waals surface area contributed by atoms with Gasteiger partial charge in [-0.15, -0.1) is 0 Å². The second-order valence-corrected chi connectivity index (χ2v) is 8.75. The number of piperidine rings is 1. The van der Waals surface area contributed by atoms with E-state index in [9.17, 15) is 27.6 Å². The first-order chi connectivity index (χ1) is 17.7. The largest absolute Gasteiger partial charge is 0.406 e. The summed E-state index contributed by atoms with van der Waals surface area (Å²) in [5.74, 6) is 0. The number of amides is 2. The first kappa shape index (κ1) is 24.3. The van der Waals surface area contributed by atoms with Gasteiger partial charge < -0.3 is 14.8 Å². The summed E-state index contributed by atoms with van der Waals surface area (Å²) in [7, 11) is 0. The van der Waals surface area contributed by atoms with Crippen molar-refractivity contribution in [3.8, 4) is 11.1 Å². The minimum absolute atomic E-state index is 0.160. The van der Waals surface area contributed by atoms with Gasteiger partial charge in [-0.3, -0.25) is 19.3 Å². The number of halogens is 3. The van der Waals surface area contributed by atoms with E-state index >= 15 is 0 Å². The van der Waals surface area contributed by atoms with Gasteiger partial charge >= 0.3 is 17.9 Å². The molecule has 4 aromatic heterocycles. The number of hydrogen-bond acceptors (Lipinski definition) is 5. The number of aromatic nitrogens is 5. The number of nitrogens with zero attached hydrogens (tertiary/aromatic N) is 5. The highest BCUT2D eigenvalue weighted by atomic mass is 19.4. The number of carbonyl (C=O) groups is 1. The Morgan fingerprint density at radius 1 is 1.11 bits per heavy atom. The topological polar surface area (TPSA) is 118 Å². The number of carbonyl (C=O) groups excluding carboxylic acids is 1. The Balaban J connectivity index is 1.35. The number of likely N-dealkylation sites (tertiary alicyclic amines) is 1. The van der Waals surface area contributed by atoms with Crippen LogP contribution in [0.25, 0.3) is 22.3 Å². The van der Waals surface area contributed by atoms with Crippen molar-refractivity contribution in [2.24, 2.45) is 0 Å². The van der Waals surface area contributed by atoms with Crippen LogP contribution in [-0.2, 0) is 6.54 Å². The fraction of sp³-hybridized carbons (Fsp3) is 0.292. The average Bonchev–Trinajstić information content (AvgIpc) is 3.21. The zero-order valence-electron chi connectivity index (χ0n) is 19.4. The fourth-order valence-electron chi connectivity index (χ4n) is 4.57. The van der Waals surface area contributed by atoms with Crippen LogP contribution in [0.15, 0.2) is 64.7 Å². The van der Waals surface area contributed by atoms with E-state index < -0.39 is 24.3 Å². The predicted octanol–water partition coefficient (Wildman–Crippen LogP) is 3.38. The number of urea groups is 1. The van der Waals surface area contributed by atoms with Gasteiger partial charge in [-0.05, 0) is 37.1 Å². The number of anilines is 1. The lowest BCUT2D eigenvalue weighted by atomic mass is 10.0. The number of imidazole rings is 1. The molecule has 192 valence electrons. The molecule has 5 heterocycles. The molecule has 0 saturated carbocycles. The average molecular weight is 513 g/mol. The van der Waals surface area contributed by atoms with Gasteiger partial charge in [0.1, 0.15) is 12.2 Å². The Morgan fingerprint density at radius 2 is 1.86 bits per heavy atom. The van der Waals surface area contributed by atoms with E-state index in [1.165, 1.54) is 23.4 Å². The molecule has 13 heteroatoms. The van der Waals surface area contributed by atoms with Crippen LogP contribution in [0.4, 0.5) is 23.7 Å². The zero-order valence-corrected chi connectivity index (χ0v) is 19.4. The summed E-state index contributed by atoms with van der Waals surface area (Å²) in [5.41, 5.74) is 0.438. The summed E-state index contributed by atoms with van der Waals surface area (Å²) in [5, 5.41) is 2.49. The molecule has 10 nitrogen and oxygen atoms in total. The normalized spacial score (nSPS) is 14.7. The molecule has 0 radical (unpaired) electrons. The van der Waals surface area contributed by atoms with Gasteiger partial charge in [0.2, 0.25) is 0 Å². The number of H-pyrrole nitrogens is 1. The molecule has 5 rings (SSSR count). The van der Waals surface area contributed by atoms with E-state index in [-0.39, 0.29) is 30.5 Å². The molecule has 2 N–H and O–H groups in total. The highest BCUT2D eigenvalue weighted by molar-refractivity contribution is 5.90. The Bertz CT molecular complexity index is 1550. The standard InChI is InChI=1S/C24H22F3N7O3/c25-24(26,27)14-33-13-16(15-3-1-7-28-12-15)11-18(21(33)35)30-22(36)32-9-5-17(6-10-32)34-19-4-2-8-29-20(19)31-23(34)37/h1-4,7-8,11-13,17H,5-6,9-10,14H2,(H,30,36)(H,29,31,37). The third kappa shape index (κ3) is 5.10. The van der Waals surface area contributed by atoms with E-state index in [0.717, 1.165) is 6.20 Å². The zero-order chi connectivity index (χ0) is 26.2. The summed E-state index contributed by atoms with van der Waals surface area (Å²) in [6.07, 6.45) is 1.98. The number of aromatic amines is 1. The van der Waals surface area contributed by atoms with E-state index in [2.05, 4.69) is 20.3 Å². The minimum atomic E-state index is -4.63. The molecule has 1 aliphatic rings. The maximum absolute atomic E-state index is 13.1. The van der Waals surface area contributed by atoms with Crippen molar-refractivity contribution in [2.75, 3.05) is 18.4 Å². The fourth-order valence-corrected chi connectivity index (χ4v) is 4.57. The van der Waals surface area contributed by atoms with Crippen LogP contribution in [0.5, 0.6) is 0 Å². The van der Waals surface area contributed by atoms with E-state index in [0.29, 0.717) is 39.7 Å². The molecular formula is C24H22F3N7O3. The van der Waals surface area contributed by atoms with Gasteiger partial charge in [-0.25, -0.2) is 14.6 Å². The molecular weight excluding hydrogens is 491 g/mol. The van der Waals surface area contributed by atoms with Crippen LogP contribution in [0.2, 0.25) is 0 Å². The second-order valence-electron chi connectivity index (χ2n) is 8.75. The van der Waals surface area contributed by atoms with Crippen LogP contribution in [0.1, 0.15) is 18.9 Å².